The molecule has 1 aliphatic rings. The number of halogens is 1. The molecule has 9 heteroatoms. The van der Waals surface area contributed by atoms with E-state index in [1.165, 1.54) is 4.90 Å². The molecule has 1 aliphatic heterocycles. The molecule has 2 unspecified atom stereocenters. The minimum absolute atomic E-state index is 0.193. The van der Waals surface area contributed by atoms with Crippen LogP contribution in [0, 0.1) is 0 Å². The molecule has 1 aromatic heterocycles. The highest BCUT2D eigenvalue weighted by atomic mass is 19.1. The van der Waals surface area contributed by atoms with Crippen LogP contribution in [-0.2, 0) is 20.9 Å². The molecule has 35 heavy (non-hydrogen) atoms. The third-order valence-electron chi connectivity index (χ3n) is 6.22. The number of carboxylic acid groups (broad SMARTS) is 1. The van der Waals surface area contributed by atoms with Crippen molar-refractivity contribution in [3.8, 4) is 11.1 Å². The van der Waals surface area contributed by atoms with Gasteiger partial charge >= 0.3 is 5.97 Å². The number of hydrogen-bond acceptors (Lipinski definition) is 5. The van der Waals surface area contributed by atoms with Crippen molar-refractivity contribution in [2.45, 2.75) is 38.4 Å². The molecule has 0 saturated heterocycles. The maximum absolute atomic E-state index is 13.3. The van der Waals surface area contributed by atoms with Crippen LogP contribution in [0.5, 0.6) is 0 Å². The summed E-state index contributed by atoms with van der Waals surface area (Å²) in [6.07, 6.45) is 2.99. The average Bonchev–Trinajstić information content (AvgIpc) is 3.18. The number of ketones is 1. The van der Waals surface area contributed by atoms with Crippen LogP contribution in [0.1, 0.15) is 35.7 Å². The van der Waals surface area contributed by atoms with E-state index >= 15 is 0 Å². The number of carboxylic acids is 1. The molecule has 2 N–H and O–H groups in total. The standard InChI is InChI=1S/C26H24FN3O5/c1-2-22(25(34)29-21(11-24(32)33)23(31)12-27)30-14-17-7-6-16(10-19(17)26(30)35)18-5-3-4-15-8-9-28-13-20(15)18/h3-10,13,21-22H,2,11-12,14H2,1H3,(H,29,34)(H,32,33). The number of hydrogen-bond donors (Lipinski definition) is 2. The quantitative estimate of drug-likeness (QED) is 0.489. The highest BCUT2D eigenvalue weighted by Crippen LogP contribution is 2.33. The van der Waals surface area contributed by atoms with E-state index in [0.717, 1.165) is 27.5 Å². The zero-order valence-corrected chi connectivity index (χ0v) is 19.0. The molecule has 2 atom stereocenters. The Labute approximate surface area is 200 Å². The van der Waals surface area contributed by atoms with Crippen molar-refractivity contribution in [1.82, 2.24) is 15.2 Å². The first kappa shape index (κ1) is 24.0. The Bertz CT molecular complexity index is 1320. The lowest BCUT2D eigenvalue weighted by Gasteiger charge is -2.27. The van der Waals surface area contributed by atoms with Gasteiger partial charge in [0, 0.05) is 29.9 Å². The topological polar surface area (TPSA) is 117 Å². The summed E-state index contributed by atoms with van der Waals surface area (Å²) in [5.74, 6) is -3.40. The zero-order valence-electron chi connectivity index (χ0n) is 19.0. The summed E-state index contributed by atoms with van der Waals surface area (Å²) in [4.78, 5) is 54.7. The average molecular weight is 477 g/mol. The predicted octanol–water partition coefficient (Wildman–Crippen LogP) is 3.13. The molecule has 2 aromatic carbocycles. The summed E-state index contributed by atoms with van der Waals surface area (Å²) in [6, 6.07) is 10.9. The Morgan fingerprint density at radius 2 is 1.97 bits per heavy atom. The lowest BCUT2D eigenvalue weighted by molar-refractivity contribution is -0.140. The van der Waals surface area contributed by atoms with Crippen molar-refractivity contribution in [3.63, 3.8) is 0 Å². The van der Waals surface area contributed by atoms with Gasteiger partial charge < -0.3 is 15.3 Å². The molecule has 180 valence electrons. The lowest BCUT2D eigenvalue weighted by Crippen LogP contribution is -2.52. The second-order valence-corrected chi connectivity index (χ2v) is 8.39. The van der Waals surface area contributed by atoms with Crippen LogP contribution >= 0.6 is 0 Å². The molecular formula is C26H24FN3O5. The first-order valence-electron chi connectivity index (χ1n) is 11.2. The van der Waals surface area contributed by atoms with Gasteiger partial charge in [0.05, 0.1) is 6.42 Å². The van der Waals surface area contributed by atoms with E-state index in [1.807, 2.05) is 36.4 Å². The van der Waals surface area contributed by atoms with Gasteiger partial charge in [-0.3, -0.25) is 24.2 Å². The van der Waals surface area contributed by atoms with Crippen LogP contribution in [0.2, 0.25) is 0 Å². The van der Waals surface area contributed by atoms with E-state index in [-0.39, 0.29) is 18.9 Å². The van der Waals surface area contributed by atoms with Gasteiger partial charge in [-0.1, -0.05) is 37.3 Å². The van der Waals surface area contributed by atoms with E-state index in [2.05, 4.69) is 10.3 Å². The van der Waals surface area contributed by atoms with Gasteiger partial charge in [-0.05, 0) is 40.6 Å². The molecule has 0 fully saturated rings. The number of alkyl halides is 1. The number of aromatic nitrogens is 1. The molecule has 2 amide bonds. The van der Waals surface area contributed by atoms with E-state index in [1.54, 1.807) is 25.4 Å². The van der Waals surface area contributed by atoms with E-state index in [9.17, 15) is 23.6 Å². The number of carbonyl (C=O) groups excluding carboxylic acids is 3. The molecule has 8 nitrogen and oxygen atoms in total. The number of Topliss-reactive ketones (excluding diaryl/α,β-unsaturated/α-hetero) is 1. The van der Waals surface area contributed by atoms with Gasteiger partial charge in [0.2, 0.25) is 5.91 Å². The Balaban J connectivity index is 1.59. The van der Waals surface area contributed by atoms with Crippen molar-refractivity contribution >= 4 is 34.3 Å². The number of rotatable bonds is 9. The van der Waals surface area contributed by atoms with Gasteiger partial charge in [-0.2, -0.15) is 0 Å². The summed E-state index contributed by atoms with van der Waals surface area (Å²) < 4.78 is 12.9. The fourth-order valence-corrected chi connectivity index (χ4v) is 4.44. The van der Waals surface area contributed by atoms with Crippen molar-refractivity contribution in [2.24, 2.45) is 0 Å². The van der Waals surface area contributed by atoms with Crippen LogP contribution in [0.4, 0.5) is 4.39 Å². The Hall–Kier alpha value is -4.14. The van der Waals surface area contributed by atoms with Crippen LogP contribution in [0.15, 0.2) is 54.9 Å². The van der Waals surface area contributed by atoms with E-state index in [4.69, 9.17) is 5.11 Å². The molecule has 0 saturated carbocycles. The van der Waals surface area contributed by atoms with Gasteiger partial charge in [-0.15, -0.1) is 0 Å². The van der Waals surface area contributed by atoms with Crippen molar-refractivity contribution in [2.75, 3.05) is 6.67 Å². The first-order chi connectivity index (χ1) is 16.8. The maximum atomic E-state index is 13.3. The monoisotopic (exact) mass is 477 g/mol. The number of carbonyl (C=O) groups is 4. The summed E-state index contributed by atoms with van der Waals surface area (Å²) in [5, 5.41) is 13.3. The second kappa shape index (κ2) is 10.0. The molecule has 0 aliphatic carbocycles. The van der Waals surface area contributed by atoms with E-state index < -0.39 is 42.8 Å². The third-order valence-corrected chi connectivity index (χ3v) is 6.22. The predicted molar refractivity (Wildman–Crippen MR) is 126 cm³/mol. The van der Waals surface area contributed by atoms with E-state index in [0.29, 0.717) is 5.56 Å². The Kier molecular flexibility index (Phi) is 6.86. The van der Waals surface area contributed by atoms with Gasteiger partial charge in [0.1, 0.15) is 18.8 Å². The second-order valence-electron chi connectivity index (χ2n) is 8.39. The number of benzene rings is 2. The fourth-order valence-electron chi connectivity index (χ4n) is 4.44. The molecule has 0 bridgehead atoms. The number of aliphatic carboxylic acids is 1. The number of amides is 2. The highest BCUT2D eigenvalue weighted by Gasteiger charge is 2.37. The summed E-state index contributed by atoms with van der Waals surface area (Å²) in [5.41, 5.74) is 2.99. The molecule has 2 heterocycles. The summed E-state index contributed by atoms with van der Waals surface area (Å²) in [7, 11) is 0. The minimum atomic E-state index is -1.49. The number of pyridine rings is 1. The fraction of sp³-hybridized carbons (Fsp3) is 0.269. The Morgan fingerprint density at radius 1 is 1.17 bits per heavy atom. The third kappa shape index (κ3) is 4.75. The van der Waals surface area contributed by atoms with Crippen molar-refractivity contribution < 1.29 is 28.7 Å². The van der Waals surface area contributed by atoms with Crippen LogP contribution in [0.3, 0.4) is 0 Å². The van der Waals surface area contributed by atoms with Crippen LogP contribution in [-0.4, -0.2) is 57.3 Å². The number of fused-ring (bicyclic) bond motifs is 2. The van der Waals surface area contributed by atoms with Crippen LogP contribution in [0.25, 0.3) is 21.9 Å². The maximum Gasteiger partial charge on any atom is 0.305 e. The molecule has 0 spiro atoms. The molecular weight excluding hydrogens is 453 g/mol. The molecule has 0 radical (unpaired) electrons. The van der Waals surface area contributed by atoms with Gasteiger partial charge in [0.25, 0.3) is 5.91 Å². The zero-order chi connectivity index (χ0) is 25.1. The van der Waals surface area contributed by atoms with Crippen molar-refractivity contribution in [3.05, 3.63) is 66.0 Å². The minimum Gasteiger partial charge on any atom is -0.481 e. The summed E-state index contributed by atoms with van der Waals surface area (Å²) in [6.45, 7) is 0.506. The highest BCUT2D eigenvalue weighted by molar-refractivity contribution is 6.04. The van der Waals surface area contributed by atoms with Gasteiger partial charge in [0.15, 0.2) is 5.78 Å². The normalized spacial score (nSPS) is 14.5. The number of nitrogens with one attached hydrogen (secondary N) is 1. The summed E-state index contributed by atoms with van der Waals surface area (Å²) >= 11 is 0. The SMILES string of the molecule is CCC(C(=O)NC(CC(=O)O)C(=O)CF)N1Cc2ccc(-c3cccc4ccncc34)cc2C1=O. The van der Waals surface area contributed by atoms with Crippen molar-refractivity contribution in [1.29, 1.82) is 0 Å². The lowest BCUT2D eigenvalue weighted by atomic mass is 9.97. The molecule has 4 rings (SSSR count). The van der Waals surface area contributed by atoms with Crippen LogP contribution < -0.4 is 5.32 Å². The molecule has 3 aromatic rings. The first-order valence-corrected chi connectivity index (χ1v) is 11.2. The smallest absolute Gasteiger partial charge is 0.305 e. The Morgan fingerprint density at radius 3 is 2.69 bits per heavy atom. The number of nitrogens with zero attached hydrogens (tertiary/aromatic N) is 2. The van der Waals surface area contributed by atoms with Gasteiger partial charge in [-0.25, -0.2) is 4.39 Å². The largest absolute Gasteiger partial charge is 0.481 e.